The monoisotopic (exact) mass is 388 g/mol. The molecular formula is C19H24N4O5. The van der Waals surface area contributed by atoms with Crippen molar-refractivity contribution in [1.29, 1.82) is 0 Å². The summed E-state index contributed by atoms with van der Waals surface area (Å²) < 4.78 is 12.4. The average molecular weight is 388 g/mol. The number of benzene rings is 1. The standard InChI is InChI=1S/C19H24N4O5/c1-3-28-17-11-14(15(23(25)26)12-16(17)27-2)19(24)21-18-9-10-20-22(18)13-7-5-4-6-8-13/h9-13H,3-8H2,1-2H3,(H,21,24). The first-order chi connectivity index (χ1) is 13.5. The maximum Gasteiger partial charge on any atom is 0.286 e. The summed E-state index contributed by atoms with van der Waals surface area (Å²) in [4.78, 5) is 23.8. The summed E-state index contributed by atoms with van der Waals surface area (Å²) in [5, 5.41) is 18.6. The number of carbonyl (C=O) groups is 1. The van der Waals surface area contributed by atoms with Gasteiger partial charge >= 0.3 is 0 Å². The van der Waals surface area contributed by atoms with Crippen molar-refractivity contribution >= 4 is 17.4 Å². The molecule has 1 aromatic heterocycles. The summed E-state index contributed by atoms with van der Waals surface area (Å²) in [5.74, 6) is 0.423. The topological polar surface area (TPSA) is 109 Å². The van der Waals surface area contributed by atoms with Crippen LogP contribution in [0.1, 0.15) is 55.4 Å². The molecule has 1 aromatic carbocycles. The molecule has 9 heteroatoms. The zero-order valence-corrected chi connectivity index (χ0v) is 16.0. The Morgan fingerprint density at radius 2 is 2.07 bits per heavy atom. The fourth-order valence-electron chi connectivity index (χ4n) is 3.52. The lowest BCUT2D eigenvalue weighted by atomic mass is 9.96. The molecule has 0 unspecified atom stereocenters. The maximum absolute atomic E-state index is 12.9. The molecule has 9 nitrogen and oxygen atoms in total. The molecule has 0 atom stereocenters. The molecule has 28 heavy (non-hydrogen) atoms. The summed E-state index contributed by atoms with van der Waals surface area (Å²) in [7, 11) is 1.39. The Morgan fingerprint density at radius 1 is 1.32 bits per heavy atom. The van der Waals surface area contributed by atoms with Crippen LogP contribution in [0.5, 0.6) is 11.5 Å². The van der Waals surface area contributed by atoms with Crippen molar-refractivity contribution in [3.8, 4) is 11.5 Å². The predicted molar refractivity (Wildman–Crippen MR) is 103 cm³/mol. The number of carbonyl (C=O) groups excluding carboxylic acids is 1. The van der Waals surface area contributed by atoms with E-state index in [1.807, 2.05) is 0 Å². The third-order valence-corrected chi connectivity index (χ3v) is 4.86. The molecule has 3 rings (SSSR count). The normalized spacial score (nSPS) is 14.5. The average Bonchev–Trinajstić information content (AvgIpc) is 3.16. The van der Waals surface area contributed by atoms with Crippen LogP contribution in [0.15, 0.2) is 24.4 Å². The molecule has 0 bridgehead atoms. The van der Waals surface area contributed by atoms with Gasteiger partial charge < -0.3 is 14.8 Å². The van der Waals surface area contributed by atoms with Crippen LogP contribution in [0.4, 0.5) is 11.5 Å². The van der Waals surface area contributed by atoms with Crippen molar-refractivity contribution < 1.29 is 19.2 Å². The summed E-state index contributed by atoms with van der Waals surface area (Å²) in [6, 6.07) is 4.48. The molecule has 1 amide bonds. The number of anilines is 1. The van der Waals surface area contributed by atoms with Crippen molar-refractivity contribution in [2.75, 3.05) is 19.0 Å². The van der Waals surface area contributed by atoms with Crippen LogP contribution in [0.3, 0.4) is 0 Å². The highest BCUT2D eigenvalue weighted by Gasteiger charge is 2.26. The Hall–Kier alpha value is -3.10. The van der Waals surface area contributed by atoms with Gasteiger partial charge in [0.05, 0.1) is 36.9 Å². The third kappa shape index (κ3) is 4.08. The van der Waals surface area contributed by atoms with Gasteiger partial charge in [-0.2, -0.15) is 5.10 Å². The molecule has 0 aliphatic heterocycles. The molecule has 1 N–H and O–H groups in total. The van der Waals surface area contributed by atoms with E-state index in [-0.39, 0.29) is 28.8 Å². The van der Waals surface area contributed by atoms with Crippen LogP contribution >= 0.6 is 0 Å². The molecule has 0 radical (unpaired) electrons. The largest absolute Gasteiger partial charge is 0.493 e. The fourth-order valence-corrected chi connectivity index (χ4v) is 3.52. The summed E-state index contributed by atoms with van der Waals surface area (Å²) in [6.07, 6.45) is 7.08. The van der Waals surface area contributed by atoms with Gasteiger partial charge in [0.15, 0.2) is 11.5 Å². The van der Waals surface area contributed by atoms with Gasteiger partial charge in [-0.05, 0) is 19.8 Å². The van der Waals surface area contributed by atoms with E-state index in [0.717, 1.165) is 25.7 Å². The maximum atomic E-state index is 12.9. The van der Waals surface area contributed by atoms with E-state index < -0.39 is 10.8 Å². The van der Waals surface area contributed by atoms with Crippen LogP contribution in [0.25, 0.3) is 0 Å². The number of nitrogens with one attached hydrogen (secondary N) is 1. The first-order valence-electron chi connectivity index (χ1n) is 9.39. The quantitative estimate of drug-likeness (QED) is 0.568. The Labute approximate surface area is 162 Å². The summed E-state index contributed by atoms with van der Waals surface area (Å²) in [5.41, 5.74) is -0.438. The first kappa shape index (κ1) is 19.7. The molecular weight excluding hydrogens is 364 g/mol. The number of ether oxygens (including phenoxy) is 2. The van der Waals surface area contributed by atoms with Crippen LogP contribution < -0.4 is 14.8 Å². The van der Waals surface area contributed by atoms with E-state index >= 15 is 0 Å². The van der Waals surface area contributed by atoms with Gasteiger partial charge in [-0.15, -0.1) is 0 Å². The van der Waals surface area contributed by atoms with E-state index in [1.54, 1.807) is 23.9 Å². The molecule has 150 valence electrons. The van der Waals surface area contributed by atoms with Gasteiger partial charge in [0, 0.05) is 12.1 Å². The minimum absolute atomic E-state index is 0.0920. The number of nitro benzene ring substituents is 1. The summed E-state index contributed by atoms with van der Waals surface area (Å²) in [6.45, 7) is 2.12. The molecule has 0 saturated heterocycles. The minimum Gasteiger partial charge on any atom is -0.493 e. The lowest BCUT2D eigenvalue weighted by Gasteiger charge is -2.23. The van der Waals surface area contributed by atoms with Crippen molar-refractivity contribution in [3.05, 3.63) is 40.1 Å². The molecule has 1 heterocycles. The van der Waals surface area contributed by atoms with Gasteiger partial charge in [-0.25, -0.2) is 4.68 Å². The first-order valence-corrected chi connectivity index (χ1v) is 9.39. The van der Waals surface area contributed by atoms with Crippen LogP contribution in [-0.2, 0) is 0 Å². The molecule has 0 spiro atoms. The SMILES string of the molecule is CCOc1cc(C(=O)Nc2ccnn2C2CCCCC2)c([N+](=O)[O-])cc1OC. The van der Waals surface area contributed by atoms with E-state index in [9.17, 15) is 14.9 Å². The molecule has 2 aromatic rings. The fraction of sp³-hybridized carbons (Fsp3) is 0.474. The second-order valence-electron chi connectivity index (χ2n) is 6.62. The highest BCUT2D eigenvalue weighted by molar-refractivity contribution is 6.07. The van der Waals surface area contributed by atoms with Crippen LogP contribution in [0, 0.1) is 10.1 Å². The second kappa shape index (κ2) is 8.73. The zero-order valence-electron chi connectivity index (χ0n) is 16.0. The van der Waals surface area contributed by atoms with Gasteiger partial charge in [0.1, 0.15) is 11.4 Å². The lowest BCUT2D eigenvalue weighted by molar-refractivity contribution is -0.385. The number of nitrogens with zero attached hydrogens (tertiary/aromatic N) is 3. The van der Waals surface area contributed by atoms with Crippen molar-refractivity contribution in [1.82, 2.24) is 9.78 Å². The number of aromatic nitrogens is 2. The summed E-state index contributed by atoms with van der Waals surface area (Å²) >= 11 is 0. The van der Waals surface area contributed by atoms with Gasteiger partial charge in [0.25, 0.3) is 11.6 Å². The second-order valence-corrected chi connectivity index (χ2v) is 6.62. The van der Waals surface area contributed by atoms with Crippen molar-refractivity contribution in [2.24, 2.45) is 0 Å². The molecule has 1 saturated carbocycles. The van der Waals surface area contributed by atoms with Gasteiger partial charge in [-0.1, -0.05) is 19.3 Å². The Morgan fingerprint density at radius 3 is 2.71 bits per heavy atom. The highest BCUT2D eigenvalue weighted by Crippen LogP contribution is 2.35. The highest BCUT2D eigenvalue weighted by atomic mass is 16.6. The molecule has 1 aliphatic carbocycles. The molecule has 1 fully saturated rings. The smallest absolute Gasteiger partial charge is 0.286 e. The molecule has 1 aliphatic rings. The number of amides is 1. The Kier molecular flexibility index (Phi) is 6.13. The van der Waals surface area contributed by atoms with E-state index in [1.165, 1.54) is 25.7 Å². The van der Waals surface area contributed by atoms with E-state index in [2.05, 4.69) is 10.4 Å². The number of hydrogen-bond acceptors (Lipinski definition) is 6. The number of hydrogen-bond donors (Lipinski definition) is 1. The minimum atomic E-state index is -0.606. The van der Waals surface area contributed by atoms with Crippen molar-refractivity contribution in [2.45, 2.75) is 45.1 Å². The van der Waals surface area contributed by atoms with Crippen LogP contribution in [-0.4, -0.2) is 34.3 Å². The predicted octanol–water partition coefficient (Wildman–Crippen LogP) is 3.96. The zero-order chi connectivity index (χ0) is 20.1. The van der Waals surface area contributed by atoms with Crippen LogP contribution in [0.2, 0.25) is 0 Å². The third-order valence-electron chi connectivity index (χ3n) is 4.86. The van der Waals surface area contributed by atoms with Crippen molar-refractivity contribution in [3.63, 3.8) is 0 Å². The number of rotatable bonds is 7. The number of methoxy groups -OCH3 is 1. The number of nitro groups is 1. The van der Waals surface area contributed by atoms with E-state index in [4.69, 9.17) is 9.47 Å². The lowest BCUT2D eigenvalue weighted by Crippen LogP contribution is -2.21. The van der Waals surface area contributed by atoms with Gasteiger partial charge in [-0.3, -0.25) is 14.9 Å². The Bertz CT molecular complexity index is 858. The van der Waals surface area contributed by atoms with Gasteiger partial charge in [0.2, 0.25) is 0 Å². The Balaban J connectivity index is 1.91. The van der Waals surface area contributed by atoms with E-state index in [0.29, 0.717) is 12.4 Å².